The Bertz CT molecular complexity index is 1230. The Morgan fingerprint density at radius 1 is 1.00 bits per heavy atom. The number of hydrogen-bond donors (Lipinski definition) is 1. The van der Waals surface area contributed by atoms with Gasteiger partial charge in [-0.25, -0.2) is 8.42 Å². The summed E-state index contributed by atoms with van der Waals surface area (Å²) in [5, 5.41) is 2.77. The van der Waals surface area contributed by atoms with E-state index in [4.69, 9.17) is 4.74 Å². The molecule has 0 aliphatic rings. The standard InChI is InChI=1S/C26H28N2O4S/c1-5-17-32-23-13-11-22(12-14-23)27-26(29)18-28(25-8-6-7-20(3)21(25)4)33(30,31)24-15-9-19(2)10-16-24/h5-16H,1,17-18H2,2-4H3,(H,27,29). The molecule has 3 aromatic rings. The summed E-state index contributed by atoms with van der Waals surface area (Å²) in [7, 11) is -3.97. The summed E-state index contributed by atoms with van der Waals surface area (Å²) in [5.41, 5.74) is 3.70. The molecule has 3 rings (SSSR count). The molecule has 0 heterocycles. The molecule has 0 spiro atoms. The van der Waals surface area contributed by atoms with E-state index in [0.29, 0.717) is 23.7 Å². The number of amides is 1. The summed E-state index contributed by atoms with van der Waals surface area (Å²) in [5.74, 6) is 0.193. The highest BCUT2D eigenvalue weighted by atomic mass is 32.2. The normalized spacial score (nSPS) is 11.0. The van der Waals surface area contributed by atoms with Crippen molar-refractivity contribution in [3.05, 3.63) is 96.1 Å². The van der Waals surface area contributed by atoms with Crippen LogP contribution in [-0.4, -0.2) is 27.5 Å². The van der Waals surface area contributed by atoms with Crippen LogP contribution < -0.4 is 14.4 Å². The van der Waals surface area contributed by atoms with E-state index in [1.165, 1.54) is 0 Å². The summed E-state index contributed by atoms with van der Waals surface area (Å²) in [6, 6.07) is 18.9. The lowest BCUT2D eigenvalue weighted by molar-refractivity contribution is -0.114. The Labute approximate surface area is 195 Å². The molecule has 172 valence electrons. The number of carbonyl (C=O) groups excluding carboxylic acids is 1. The minimum atomic E-state index is -3.97. The molecule has 1 N–H and O–H groups in total. The predicted molar refractivity (Wildman–Crippen MR) is 132 cm³/mol. The van der Waals surface area contributed by atoms with Crippen LogP contribution in [0.2, 0.25) is 0 Å². The van der Waals surface area contributed by atoms with Gasteiger partial charge in [-0.1, -0.05) is 42.5 Å². The summed E-state index contributed by atoms with van der Waals surface area (Å²) in [4.78, 5) is 13.0. The van der Waals surface area contributed by atoms with E-state index in [1.807, 2.05) is 26.8 Å². The highest BCUT2D eigenvalue weighted by Crippen LogP contribution is 2.29. The van der Waals surface area contributed by atoms with Gasteiger partial charge in [-0.3, -0.25) is 9.10 Å². The molecule has 1 amide bonds. The van der Waals surface area contributed by atoms with Crippen molar-refractivity contribution in [2.24, 2.45) is 0 Å². The van der Waals surface area contributed by atoms with Gasteiger partial charge in [0.2, 0.25) is 5.91 Å². The van der Waals surface area contributed by atoms with Crippen molar-refractivity contribution in [2.75, 3.05) is 22.8 Å². The molecule has 33 heavy (non-hydrogen) atoms. The third-order valence-electron chi connectivity index (χ3n) is 5.25. The van der Waals surface area contributed by atoms with Crippen LogP contribution in [0.25, 0.3) is 0 Å². The Morgan fingerprint density at radius 2 is 1.67 bits per heavy atom. The molecule has 7 heteroatoms. The number of nitrogens with zero attached hydrogens (tertiary/aromatic N) is 1. The lowest BCUT2D eigenvalue weighted by Crippen LogP contribution is -2.38. The Kier molecular flexibility index (Phi) is 7.55. The molecule has 0 aliphatic carbocycles. The molecule has 0 saturated heterocycles. The number of carbonyl (C=O) groups is 1. The van der Waals surface area contributed by atoms with E-state index in [1.54, 1.807) is 66.7 Å². The van der Waals surface area contributed by atoms with Gasteiger partial charge in [0.1, 0.15) is 18.9 Å². The molecule has 0 atom stereocenters. The monoisotopic (exact) mass is 464 g/mol. The van der Waals surface area contributed by atoms with Gasteiger partial charge in [-0.15, -0.1) is 0 Å². The van der Waals surface area contributed by atoms with E-state index < -0.39 is 15.9 Å². The third-order valence-corrected chi connectivity index (χ3v) is 7.02. The van der Waals surface area contributed by atoms with E-state index in [0.717, 1.165) is 21.0 Å². The minimum absolute atomic E-state index is 0.130. The van der Waals surface area contributed by atoms with Crippen LogP contribution in [0, 0.1) is 20.8 Å². The van der Waals surface area contributed by atoms with Gasteiger partial charge in [0.25, 0.3) is 10.0 Å². The van der Waals surface area contributed by atoms with Crippen molar-refractivity contribution in [3.8, 4) is 5.75 Å². The SMILES string of the molecule is C=CCOc1ccc(NC(=O)CN(c2cccc(C)c2C)S(=O)(=O)c2ccc(C)cc2)cc1. The first-order chi connectivity index (χ1) is 15.7. The highest BCUT2D eigenvalue weighted by molar-refractivity contribution is 7.92. The first kappa shape index (κ1) is 24.1. The molecule has 0 bridgehead atoms. The van der Waals surface area contributed by atoms with Crippen LogP contribution in [-0.2, 0) is 14.8 Å². The number of aryl methyl sites for hydroxylation is 2. The number of rotatable bonds is 9. The largest absolute Gasteiger partial charge is 0.490 e. The summed E-state index contributed by atoms with van der Waals surface area (Å²) >= 11 is 0. The zero-order valence-corrected chi connectivity index (χ0v) is 19.9. The maximum Gasteiger partial charge on any atom is 0.264 e. The Hall–Kier alpha value is -3.58. The molecule has 0 radical (unpaired) electrons. The second-order valence-electron chi connectivity index (χ2n) is 7.72. The number of anilines is 2. The number of nitrogens with one attached hydrogen (secondary N) is 1. The minimum Gasteiger partial charge on any atom is -0.490 e. The average molecular weight is 465 g/mol. The van der Waals surface area contributed by atoms with E-state index in [-0.39, 0.29) is 11.4 Å². The second-order valence-corrected chi connectivity index (χ2v) is 9.58. The van der Waals surface area contributed by atoms with Crippen molar-refractivity contribution in [1.82, 2.24) is 0 Å². The average Bonchev–Trinajstić information content (AvgIpc) is 2.79. The van der Waals surface area contributed by atoms with Gasteiger partial charge in [0, 0.05) is 5.69 Å². The first-order valence-electron chi connectivity index (χ1n) is 10.5. The maximum absolute atomic E-state index is 13.6. The Balaban J connectivity index is 1.90. The second kappa shape index (κ2) is 10.4. The summed E-state index contributed by atoms with van der Waals surface area (Å²) in [6.45, 7) is 9.27. The fraction of sp³-hybridized carbons (Fsp3) is 0.192. The number of hydrogen-bond acceptors (Lipinski definition) is 4. The molecule has 0 fully saturated rings. The number of benzene rings is 3. The molecule has 6 nitrogen and oxygen atoms in total. The summed E-state index contributed by atoms with van der Waals surface area (Å²) in [6.07, 6.45) is 1.64. The van der Waals surface area contributed by atoms with Crippen molar-refractivity contribution in [2.45, 2.75) is 25.7 Å². The molecular formula is C26H28N2O4S. The van der Waals surface area contributed by atoms with Gasteiger partial charge in [0.15, 0.2) is 0 Å². The van der Waals surface area contributed by atoms with Crippen LogP contribution in [0.4, 0.5) is 11.4 Å². The van der Waals surface area contributed by atoms with E-state index in [9.17, 15) is 13.2 Å². The van der Waals surface area contributed by atoms with Gasteiger partial charge < -0.3 is 10.1 Å². The van der Waals surface area contributed by atoms with Gasteiger partial charge in [-0.05, 0) is 74.4 Å². The lowest BCUT2D eigenvalue weighted by atomic mass is 10.1. The fourth-order valence-electron chi connectivity index (χ4n) is 3.26. The molecule has 3 aromatic carbocycles. The quantitative estimate of drug-likeness (QED) is 0.452. The smallest absolute Gasteiger partial charge is 0.264 e. The molecule has 0 aromatic heterocycles. The zero-order valence-electron chi connectivity index (χ0n) is 19.0. The molecule has 0 saturated carbocycles. The lowest BCUT2D eigenvalue weighted by Gasteiger charge is -2.26. The van der Waals surface area contributed by atoms with Crippen molar-refractivity contribution < 1.29 is 17.9 Å². The van der Waals surface area contributed by atoms with Crippen LogP contribution in [0.3, 0.4) is 0 Å². The maximum atomic E-state index is 13.6. The van der Waals surface area contributed by atoms with Gasteiger partial charge >= 0.3 is 0 Å². The number of ether oxygens (including phenoxy) is 1. The van der Waals surface area contributed by atoms with Crippen molar-refractivity contribution in [1.29, 1.82) is 0 Å². The first-order valence-corrected chi connectivity index (χ1v) is 12.0. The van der Waals surface area contributed by atoms with Crippen molar-refractivity contribution >= 4 is 27.3 Å². The highest BCUT2D eigenvalue weighted by Gasteiger charge is 2.28. The summed E-state index contributed by atoms with van der Waals surface area (Å²) < 4.78 is 33.7. The zero-order chi connectivity index (χ0) is 24.0. The van der Waals surface area contributed by atoms with Gasteiger partial charge in [0.05, 0.1) is 10.6 Å². The van der Waals surface area contributed by atoms with Crippen LogP contribution in [0.1, 0.15) is 16.7 Å². The molecule has 0 unspecified atom stereocenters. The van der Waals surface area contributed by atoms with Crippen LogP contribution >= 0.6 is 0 Å². The molecular weight excluding hydrogens is 436 g/mol. The molecule has 0 aliphatic heterocycles. The van der Waals surface area contributed by atoms with Gasteiger partial charge in [-0.2, -0.15) is 0 Å². The van der Waals surface area contributed by atoms with Crippen LogP contribution in [0.15, 0.2) is 84.3 Å². The number of sulfonamides is 1. The van der Waals surface area contributed by atoms with E-state index in [2.05, 4.69) is 11.9 Å². The van der Waals surface area contributed by atoms with Crippen LogP contribution in [0.5, 0.6) is 5.75 Å². The van der Waals surface area contributed by atoms with E-state index >= 15 is 0 Å². The third kappa shape index (κ3) is 5.81. The van der Waals surface area contributed by atoms with Crippen molar-refractivity contribution in [3.63, 3.8) is 0 Å². The Morgan fingerprint density at radius 3 is 2.30 bits per heavy atom. The predicted octanol–water partition coefficient (Wildman–Crippen LogP) is 5.01. The topological polar surface area (TPSA) is 75.7 Å². The fourth-order valence-corrected chi connectivity index (χ4v) is 4.74.